The Morgan fingerprint density at radius 1 is 1.00 bits per heavy atom. The number of carbonyl (C=O) groups excluding carboxylic acids is 1. The van der Waals surface area contributed by atoms with Crippen molar-refractivity contribution in [3.8, 4) is 0 Å². The van der Waals surface area contributed by atoms with Crippen LogP contribution in [0.15, 0.2) is 0 Å². The molecular formula is C11H18O. The lowest BCUT2D eigenvalue weighted by molar-refractivity contribution is -0.122. The fourth-order valence-electron chi connectivity index (χ4n) is 3.30. The number of ketones is 1. The van der Waals surface area contributed by atoms with Crippen molar-refractivity contribution in [3.05, 3.63) is 0 Å². The first-order valence-electron chi connectivity index (χ1n) is 5.29. The van der Waals surface area contributed by atoms with Gasteiger partial charge in [0.25, 0.3) is 0 Å². The third-order valence-electron chi connectivity index (χ3n) is 3.79. The van der Waals surface area contributed by atoms with E-state index in [1.54, 1.807) is 6.92 Å². The third kappa shape index (κ3) is 1.30. The Morgan fingerprint density at radius 2 is 1.50 bits per heavy atom. The highest BCUT2D eigenvalue weighted by Crippen LogP contribution is 2.45. The van der Waals surface area contributed by atoms with Crippen LogP contribution >= 0.6 is 0 Å². The summed E-state index contributed by atoms with van der Waals surface area (Å²) in [5.74, 6) is 2.43. The van der Waals surface area contributed by atoms with Crippen molar-refractivity contribution >= 4 is 5.78 Å². The average molecular weight is 166 g/mol. The second-order valence-corrected chi connectivity index (χ2v) is 4.52. The van der Waals surface area contributed by atoms with Crippen LogP contribution in [0.5, 0.6) is 0 Å². The van der Waals surface area contributed by atoms with Crippen LogP contribution in [0.25, 0.3) is 0 Å². The highest BCUT2D eigenvalue weighted by molar-refractivity contribution is 5.79. The zero-order valence-corrected chi connectivity index (χ0v) is 7.88. The normalized spacial score (nSPS) is 40.9. The van der Waals surface area contributed by atoms with Gasteiger partial charge in [-0.2, -0.15) is 0 Å². The second-order valence-electron chi connectivity index (χ2n) is 4.52. The highest BCUT2D eigenvalue weighted by Gasteiger charge is 2.39. The van der Waals surface area contributed by atoms with Crippen molar-refractivity contribution in [2.75, 3.05) is 0 Å². The van der Waals surface area contributed by atoms with Crippen molar-refractivity contribution in [2.45, 2.75) is 45.4 Å². The first-order chi connectivity index (χ1) is 5.79. The van der Waals surface area contributed by atoms with Crippen LogP contribution in [0.1, 0.15) is 45.4 Å². The van der Waals surface area contributed by atoms with Gasteiger partial charge in [0.05, 0.1) is 0 Å². The van der Waals surface area contributed by atoms with E-state index >= 15 is 0 Å². The molecule has 68 valence electrons. The van der Waals surface area contributed by atoms with Crippen LogP contribution in [0.3, 0.4) is 0 Å². The molecule has 2 saturated carbocycles. The fourth-order valence-corrected chi connectivity index (χ4v) is 3.30. The molecule has 0 aromatic heterocycles. The van der Waals surface area contributed by atoms with Gasteiger partial charge in [0.1, 0.15) is 5.78 Å². The van der Waals surface area contributed by atoms with Gasteiger partial charge in [-0.1, -0.05) is 12.8 Å². The van der Waals surface area contributed by atoms with Crippen LogP contribution in [-0.2, 0) is 4.79 Å². The average Bonchev–Trinajstić information content (AvgIpc) is 2.24. The molecular weight excluding hydrogens is 148 g/mol. The lowest BCUT2D eigenvalue weighted by Crippen LogP contribution is -2.20. The van der Waals surface area contributed by atoms with E-state index in [0.29, 0.717) is 11.7 Å². The zero-order chi connectivity index (χ0) is 8.55. The van der Waals surface area contributed by atoms with Gasteiger partial charge in [0, 0.05) is 5.92 Å². The molecule has 2 fully saturated rings. The van der Waals surface area contributed by atoms with Gasteiger partial charge < -0.3 is 0 Å². The summed E-state index contributed by atoms with van der Waals surface area (Å²) in [6.45, 7) is 1.79. The predicted molar refractivity (Wildman–Crippen MR) is 48.9 cm³/mol. The molecule has 2 rings (SSSR count). The molecule has 0 aliphatic heterocycles. The Kier molecular flexibility index (Phi) is 2.20. The molecule has 1 heteroatoms. The Balaban J connectivity index is 2.14. The van der Waals surface area contributed by atoms with Crippen LogP contribution in [-0.4, -0.2) is 5.78 Å². The molecule has 0 amide bonds. The molecule has 0 spiro atoms. The van der Waals surface area contributed by atoms with Gasteiger partial charge >= 0.3 is 0 Å². The fraction of sp³-hybridized carbons (Fsp3) is 0.909. The first-order valence-corrected chi connectivity index (χ1v) is 5.29. The van der Waals surface area contributed by atoms with Crippen molar-refractivity contribution in [1.29, 1.82) is 0 Å². The van der Waals surface area contributed by atoms with Gasteiger partial charge in [-0.3, -0.25) is 4.79 Å². The molecule has 2 bridgehead atoms. The predicted octanol–water partition coefficient (Wildman–Crippen LogP) is 2.79. The van der Waals surface area contributed by atoms with E-state index in [9.17, 15) is 4.79 Å². The maximum absolute atomic E-state index is 11.4. The summed E-state index contributed by atoms with van der Waals surface area (Å²) in [5.41, 5.74) is 0. The summed E-state index contributed by atoms with van der Waals surface area (Å²) in [7, 11) is 0. The number of hydrogen-bond acceptors (Lipinski definition) is 1. The van der Waals surface area contributed by atoms with Gasteiger partial charge in [0.2, 0.25) is 0 Å². The first kappa shape index (κ1) is 8.28. The zero-order valence-electron chi connectivity index (χ0n) is 7.88. The van der Waals surface area contributed by atoms with E-state index in [1.165, 1.54) is 38.5 Å². The van der Waals surface area contributed by atoms with E-state index in [2.05, 4.69) is 0 Å². The molecule has 2 unspecified atom stereocenters. The SMILES string of the molecule is CC(=O)C1C2CCCCC1CC2. The minimum Gasteiger partial charge on any atom is -0.300 e. The molecule has 0 aromatic carbocycles. The third-order valence-corrected chi connectivity index (χ3v) is 3.79. The Labute approximate surface area is 74.5 Å². The maximum atomic E-state index is 11.4. The molecule has 12 heavy (non-hydrogen) atoms. The molecule has 2 aliphatic rings. The van der Waals surface area contributed by atoms with Crippen LogP contribution in [0, 0.1) is 17.8 Å². The van der Waals surface area contributed by atoms with E-state index in [0.717, 1.165) is 11.8 Å². The summed E-state index contributed by atoms with van der Waals surface area (Å²) in [6.07, 6.45) is 8.03. The topological polar surface area (TPSA) is 17.1 Å². The molecule has 1 nitrogen and oxygen atoms in total. The number of carbonyl (C=O) groups is 1. The van der Waals surface area contributed by atoms with Crippen molar-refractivity contribution < 1.29 is 4.79 Å². The molecule has 0 radical (unpaired) electrons. The van der Waals surface area contributed by atoms with Crippen LogP contribution in [0.2, 0.25) is 0 Å². The standard InChI is InChI=1S/C11H18O/c1-8(12)11-9-4-2-3-5-10(11)7-6-9/h9-11H,2-7H2,1H3. The number of hydrogen-bond donors (Lipinski definition) is 0. The van der Waals surface area contributed by atoms with Gasteiger partial charge in [-0.25, -0.2) is 0 Å². The molecule has 0 heterocycles. The summed E-state index contributed by atoms with van der Waals surface area (Å²) >= 11 is 0. The maximum Gasteiger partial charge on any atom is 0.133 e. The van der Waals surface area contributed by atoms with E-state index in [4.69, 9.17) is 0 Å². The molecule has 2 aliphatic carbocycles. The Bertz CT molecular complexity index is 171. The molecule has 2 atom stereocenters. The molecule has 0 N–H and O–H groups in total. The Hall–Kier alpha value is -0.330. The largest absolute Gasteiger partial charge is 0.300 e. The minimum atomic E-state index is 0.451. The van der Waals surface area contributed by atoms with E-state index < -0.39 is 0 Å². The van der Waals surface area contributed by atoms with Crippen molar-refractivity contribution in [1.82, 2.24) is 0 Å². The smallest absolute Gasteiger partial charge is 0.133 e. The van der Waals surface area contributed by atoms with Crippen molar-refractivity contribution in [3.63, 3.8) is 0 Å². The lowest BCUT2D eigenvalue weighted by atomic mass is 9.85. The number of fused-ring (bicyclic) bond motifs is 2. The van der Waals surface area contributed by atoms with Crippen molar-refractivity contribution in [2.24, 2.45) is 17.8 Å². The number of rotatable bonds is 1. The van der Waals surface area contributed by atoms with Gasteiger partial charge in [-0.15, -0.1) is 0 Å². The summed E-state index contributed by atoms with van der Waals surface area (Å²) in [6, 6.07) is 0. The molecule has 0 aromatic rings. The monoisotopic (exact) mass is 166 g/mol. The van der Waals surface area contributed by atoms with E-state index in [-0.39, 0.29) is 0 Å². The summed E-state index contributed by atoms with van der Waals surface area (Å²) in [5, 5.41) is 0. The lowest BCUT2D eigenvalue weighted by Gasteiger charge is -2.18. The quantitative estimate of drug-likeness (QED) is 0.585. The second kappa shape index (κ2) is 3.20. The van der Waals surface area contributed by atoms with Gasteiger partial charge in [-0.05, 0) is 44.4 Å². The van der Waals surface area contributed by atoms with Crippen LogP contribution < -0.4 is 0 Å². The highest BCUT2D eigenvalue weighted by atomic mass is 16.1. The summed E-state index contributed by atoms with van der Waals surface area (Å²) in [4.78, 5) is 11.4. The number of Topliss-reactive ketones (excluding diaryl/α,β-unsaturated/α-hetero) is 1. The van der Waals surface area contributed by atoms with Gasteiger partial charge in [0.15, 0.2) is 0 Å². The van der Waals surface area contributed by atoms with Crippen LogP contribution in [0.4, 0.5) is 0 Å². The Morgan fingerprint density at radius 3 is 1.92 bits per heavy atom. The molecule has 0 saturated heterocycles. The summed E-state index contributed by atoms with van der Waals surface area (Å²) < 4.78 is 0. The minimum absolute atomic E-state index is 0.451. The van der Waals surface area contributed by atoms with E-state index in [1.807, 2.05) is 0 Å².